The zero-order chi connectivity index (χ0) is 20.0. The number of carbonyl (C=O) groups excluding carboxylic acids is 1. The lowest BCUT2D eigenvalue weighted by atomic mass is 10.0. The van der Waals surface area contributed by atoms with Crippen LogP contribution in [0, 0.1) is 6.92 Å². The third kappa shape index (κ3) is 5.18. The van der Waals surface area contributed by atoms with Crippen molar-refractivity contribution in [3.63, 3.8) is 0 Å². The van der Waals surface area contributed by atoms with Crippen LogP contribution >= 0.6 is 0 Å². The summed E-state index contributed by atoms with van der Waals surface area (Å²) >= 11 is 0. The van der Waals surface area contributed by atoms with Gasteiger partial charge in [-0.25, -0.2) is 13.1 Å². The van der Waals surface area contributed by atoms with Gasteiger partial charge in [0.05, 0.1) is 18.0 Å². The van der Waals surface area contributed by atoms with Crippen LogP contribution in [-0.4, -0.2) is 28.0 Å². The summed E-state index contributed by atoms with van der Waals surface area (Å²) in [6.07, 6.45) is 1.46. The molecule has 0 saturated heterocycles. The van der Waals surface area contributed by atoms with Gasteiger partial charge in [0.2, 0.25) is 10.0 Å². The van der Waals surface area contributed by atoms with Gasteiger partial charge in [0, 0.05) is 17.7 Å². The molecular weight excluding hydrogens is 364 g/mol. The van der Waals surface area contributed by atoms with Crippen molar-refractivity contribution >= 4 is 15.9 Å². The summed E-state index contributed by atoms with van der Waals surface area (Å²) in [6.45, 7) is 7.45. The van der Waals surface area contributed by atoms with Crippen molar-refractivity contribution in [1.29, 1.82) is 0 Å². The van der Waals surface area contributed by atoms with Crippen LogP contribution in [0.3, 0.4) is 0 Å². The first-order valence-electron chi connectivity index (χ1n) is 8.44. The van der Waals surface area contributed by atoms with Gasteiger partial charge in [-0.05, 0) is 44.2 Å². The zero-order valence-electron chi connectivity index (χ0n) is 15.7. The molecule has 0 spiro atoms. The van der Waals surface area contributed by atoms with Gasteiger partial charge >= 0.3 is 0 Å². The molecule has 1 amide bonds. The van der Waals surface area contributed by atoms with E-state index in [1.807, 2.05) is 32.0 Å². The molecule has 27 heavy (non-hydrogen) atoms. The molecule has 0 saturated carbocycles. The van der Waals surface area contributed by atoms with Crippen molar-refractivity contribution < 1.29 is 17.9 Å². The molecule has 2 N–H and O–H groups in total. The molecule has 0 fully saturated rings. The highest BCUT2D eigenvalue weighted by Crippen LogP contribution is 2.26. The molecule has 144 valence electrons. The SMILES string of the molecule is C=CCNS(=O)(=O)c1ccc(C(=O)NC(C)c2cc(C)ccc2OC)cc1. The Bertz CT molecular complexity index is 921. The second-order valence-corrected chi connectivity index (χ2v) is 7.87. The van der Waals surface area contributed by atoms with Crippen LogP contribution in [0.5, 0.6) is 5.75 Å². The van der Waals surface area contributed by atoms with E-state index in [4.69, 9.17) is 4.74 Å². The fourth-order valence-corrected chi connectivity index (χ4v) is 3.59. The number of hydrogen-bond donors (Lipinski definition) is 2. The summed E-state index contributed by atoms with van der Waals surface area (Å²) in [5, 5.41) is 2.91. The van der Waals surface area contributed by atoms with Gasteiger partial charge in [0.25, 0.3) is 5.91 Å². The molecule has 2 aromatic rings. The van der Waals surface area contributed by atoms with Crippen molar-refractivity contribution in [2.45, 2.75) is 24.8 Å². The molecule has 0 aliphatic heterocycles. The quantitative estimate of drug-likeness (QED) is 0.681. The summed E-state index contributed by atoms with van der Waals surface area (Å²) in [7, 11) is -2.03. The van der Waals surface area contributed by atoms with Crippen LogP contribution in [0.15, 0.2) is 60.0 Å². The van der Waals surface area contributed by atoms with Crippen LogP contribution in [0.4, 0.5) is 0 Å². The molecule has 1 atom stereocenters. The van der Waals surface area contributed by atoms with Crippen LogP contribution in [0.25, 0.3) is 0 Å². The molecule has 2 rings (SSSR count). The lowest BCUT2D eigenvalue weighted by Gasteiger charge is -2.18. The maximum atomic E-state index is 12.5. The van der Waals surface area contributed by atoms with Crippen molar-refractivity contribution in [2.24, 2.45) is 0 Å². The molecule has 0 heterocycles. The number of benzene rings is 2. The third-order valence-electron chi connectivity index (χ3n) is 4.04. The predicted octanol–water partition coefficient (Wildman–Crippen LogP) is 2.96. The predicted molar refractivity (Wildman–Crippen MR) is 105 cm³/mol. The second kappa shape index (κ2) is 8.83. The van der Waals surface area contributed by atoms with E-state index in [9.17, 15) is 13.2 Å². The van der Waals surface area contributed by atoms with E-state index in [1.54, 1.807) is 7.11 Å². The fourth-order valence-electron chi connectivity index (χ4n) is 2.59. The van der Waals surface area contributed by atoms with Gasteiger partial charge in [-0.1, -0.05) is 23.8 Å². The van der Waals surface area contributed by atoms with Gasteiger partial charge in [0.15, 0.2) is 0 Å². The highest BCUT2D eigenvalue weighted by atomic mass is 32.2. The van der Waals surface area contributed by atoms with E-state index in [0.29, 0.717) is 11.3 Å². The number of rotatable bonds is 8. The summed E-state index contributed by atoms with van der Waals surface area (Å²) in [4.78, 5) is 12.6. The third-order valence-corrected chi connectivity index (χ3v) is 5.48. The minimum absolute atomic E-state index is 0.0919. The van der Waals surface area contributed by atoms with E-state index in [1.165, 1.54) is 30.3 Å². The van der Waals surface area contributed by atoms with Gasteiger partial charge < -0.3 is 10.1 Å². The van der Waals surface area contributed by atoms with Gasteiger partial charge in [-0.2, -0.15) is 0 Å². The number of carbonyl (C=O) groups is 1. The van der Waals surface area contributed by atoms with Crippen molar-refractivity contribution in [1.82, 2.24) is 10.0 Å². The summed E-state index contributed by atoms with van der Waals surface area (Å²) in [5.41, 5.74) is 2.31. The monoisotopic (exact) mass is 388 g/mol. The Morgan fingerprint density at radius 3 is 2.48 bits per heavy atom. The maximum absolute atomic E-state index is 12.5. The molecule has 1 unspecified atom stereocenters. The fraction of sp³-hybridized carbons (Fsp3) is 0.250. The Hall–Kier alpha value is -2.64. The number of ether oxygens (including phenoxy) is 1. The highest BCUT2D eigenvalue weighted by molar-refractivity contribution is 7.89. The van der Waals surface area contributed by atoms with E-state index >= 15 is 0 Å². The molecule has 7 heteroatoms. The zero-order valence-corrected chi connectivity index (χ0v) is 16.5. The normalized spacial score (nSPS) is 12.3. The standard InChI is InChI=1S/C20H24N2O4S/c1-5-12-21-27(24,25)17-9-7-16(8-10-17)20(23)22-15(3)18-13-14(2)6-11-19(18)26-4/h5-11,13,15,21H,1,12H2,2-4H3,(H,22,23). The molecule has 2 aromatic carbocycles. The first-order chi connectivity index (χ1) is 12.8. The summed E-state index contributed by atoms with van der Waals surface area (Å²) in [5.74, 6) is 0.400. The topological polar surface area (TPSA) is 84.5 Å². The van der Waals surface area contributed by atoms with Gasteiger partial charge in [-0.15, -0.1) is 6.58 Å². The van der Waals surface area contributed by atoms with E-state index in [0.717, 1.165) is 11.1 Å². The minimum Gasteiger partial charge on any atom is -0.496 e. The minimum atomic E-state index is -3.61. The van der Waals surface area contributed by atoms with Gasteiger partial charge in [0.1, 0.15) is 5.75 Å². The summed E-state index contributed by atoms with van der Waals surface area (Å²) in [6, 6.07) is 11.3. The first kappa shape index (κ1) is 20.7. The Kier molecular flexibility index (Phi) is 6.76. The molecule has 6 nitrogen and oxygen atoms in total. The number of sulfonamides is 1. The largest absolute Gasteiger partial charge is 0.496 e. The van der Waals surface area contributed by atoms with E-state index < -0.39 is 10.0 Å². The molecular formula is C20H24N2O4S. The Morgan fingerprint density at radius 1 is 1.22 bits per heavy atom. The van der Waals surface area contributed by atoms with Crippen molar-refractivity contribution in [3.8, 4) is 5.75 Å². The van der Waals surface area contributed by atoms with Crippen molar-refractivity contribution in [3.05, 3.63) is 71.8 Å². The lowest BCUT2D eigenvalue weighted by molar-refractivity contribution is 0.0939. The Balaban J connectivity index is 2.14. The molecule has 0 radical (unpaired) electrons. The molecule has 0 bridgehead atoms. The maximum Gasteiger partial charge on any atom is 0.251 e. The van der Waals surface area contributed by atoms with Crippen LogP contribution in [0.2, 0.25) is 0 Å². The Labute approximate surface area is 160 Å². The summed E-state index contributed by atoms with van der Waals surface area (Å²) < 4.78 is 31.9. The lowest BCUT2D eigenvalue weighted by Crippen LogP contribution is -2.27. The van der Waals surface area contributed by atoms with Crippen LogP contribution in [-0.2, 0) is 10.0 Å². The average Bonchev–Trinajstić information content (AvgIpc) is 2.66. The number of methoxy groups -OCH3 is 1. The number of hydrogen-bond acceptors (Lipinski definition) is 4. The van der Waals surface area contributed by atoms with Gasteiger partial charge in [-0.3, -0.25) is 4.79 Å². The number of nitrogens with one attached hydrogen (secondary N) is 2. The number of aryl methyl sites for hydroxylation is 1. The van der Waals surface area contributed by atoms with Crippen LogP contribution in [0.1, 0.15) is 34.5 Å². The molecule has 0 aliphatic rings. The molecule has 0 aromatic heterocycles. The van der Waals surface area contributed by atoms with Crippen LogP contribution < -0.4 is 14.8 Å². The highest BCUT2D eigenvalue weighted by Gasteiger charge is 2.17. The molecule has 0 aliphatic carbocycles. The second-order valence-electron chi connectivity index (χ2n) is 6.11. The number of amides is 1. The average molecular weight is 388 g/mol. The Morgan fingerprint density at radius 2 is 1.89 bits per heavy atom. The van der Waals surface area contributed by atoms with E-state index in [-0.39, 0.29) is 23.4 Å². The smallest absolute Gasteiger partial charge is 0.251 e. The van der Waals surface area contributed by atoms with E-state index in [2.05, 4.69) is 16.6 Å². The van der Waals surface area contributed by atoms with Crippen molar-refractivity contribution in [2.75, 3.05) is 13.7 Å². The first-order valence-corrected chi connectivity index (χ1v) is 9.93.